The molecule has 0 radical (unpaired) electrons. The highest BCUT2D eigenvalue weighted by Gasteiger charge is 2.42. The molecule has 1 aromatic carbocycles. The summed E-state index contributed by atoms with van der Waals surface area (Å²) in [6, 6.07) is 11.5. The Labute approximate surface area is 102 Å². The van der Waals surface area contributed by atoms with Gasteiger partial charge in [0.2, 0.25) is 6.41 Å². The molecule has 0 heterocycles. The molecular formula is C14H18N2O. The first-order valence-corrected chi connectivity index (χ1v) is 6.42. The summed E-state index contributed by atoms with van der Waals surface area (Å²) in [6.07, 6.45) is 5.97. The molecule has 0 aromatic heterocycles. The normalized spacial score (nSPS) is 19.4. The molecule has 0 N–H and O–H groups in total. The van der Waals surface area contributed by atoms with Gasteiger partial charge in [-0.2, -0.15) is 0 Å². The van der Waals surface area contributed by atoms with E-state index in [0.717, 1.165) is 6.41 Å². The van der Waals surface area contributed by atoms with Gasteiger partial charge in [-0.3, -0.25) is 9.80 Å². The van der Waals surface area contributed by atoms with Gasteiger partial charge in [-0.1, -0.05) is 30.3 Å². The molecule has 0 aliphatic heterocycles. The molecule has 2 fully saturated rings. The Morgan fingerprint density at radius 3 is 2.12 bits per heavy atom. The van der Waals surface area contributed by atoms with E-state index in [9.17, 15) is 4.79 Å². The van der Waals surface area contributed by atoms with E-state index < -0.39 is 0 Å². The van der Waals surface area contributed by atoms with Gasteiger partial charge in [0.15, 0.2) is 0 Å². The summed E-state index contributed by atoms with van der Waals surface area (Å²) in [4.78, 5) is 11.3. The van der Waals surface area contributed by atoms with E-state index in [1.807, 2.05) is 23.2 Å². The number of carbonyl (C=O) groups is 1. The fourth-order valence-electron chi connectivity index (χ4n) is 2.34. The van der Waals surface area contributed by atoms with Crippen molar-refractivity contribution in [1.82, 2.24) is 10.0 Å². The van der Waals surface area contributed by atoms with Gasteiger partial charge in [-0.05, 0) is 31.2 Å². The second kappa shape index (κ2) is 4.49. The van der Waals surface area contributed by atoms with Crippen molar-refractivity contribution in [1.29, 1.82) is 0 Å². The Balaban J connectivity index is 1.71. The zero-order valence-electron chi connectivity index (χ0n) is 9.96. The lowest BCUT2D eigenvalue weighted by Gasteiger charge is -2.32. The van der Waals surface area contributed by atoms with Crippen LogP contribution in [0.15, 0.2) is 30.3 Å². The molecule has 1 amide bonds. The minimum absolute atomic E-state index is 0.622. The molecule has 0 atom stereocenters. The van der Waals surface area contributed by atoms with Crippen LogP contribution in [0.2, 0.25) is 0 Å². The van der Waals surface area contributed by atoms with Crippen LogP contribution in [0.4, 0.5) is 0 Å². The van der Waals surface area contributed by atoms with Crippen LogP contribution >= 0.6 is 0 Å². The van der Waals surface area contributed by atoms with Crippen molar-refractivity contribution in [3.8, 4) is 0 Å². The molecule has 0 bridgehead atoms. The highest BCUT2D eigenvalue weighted by atomic mass is 16.1. The van der Waals surface area contributed by atoms with Crippen LogP contribution in [0, 0.1) is 0 Å². The van der Waals surface area contributed by atoms with Crippen molar-refractivity contribution in [2.75, 3.05) is 0 Å². The first kappa shape index (κ1) is 10.8. The summed E-state index contributed by atoms with van der Waals surface area (Å²) < 4.78 is 0. The van der Waals surface area contributed by atoms with Gasteiger partial charge in [-0.15, -0.1) is 0 Å². The maximum absolute atomic E-state index is 11.3. The van der Waals surface area contributed by atoms with Gasteiger partial charge in [0.25, 0.3) is 0 Å². The standard InChI is InChI=1S/C14H18N2O/c17-11-15(10-12-4-2-1-3-5-12)16(13-6-7-13)14-8-9-14/h1-5,11,13-14H,6-10H2. The van der Waals surface area contributed by atoms with Gasteiger partial charge >= 0.3 is 0 Å². The minimum atomic E-state index is 0.622. The van der Waals surface area contributed by atoms with Gasteiger partial charge in [-0.25, -0.2) is 5.01 Å². The third-order valence-corrected chi connectivity index (χ3v) is 3.45. The molecule has 90 valence electrons. The highest BCUT2D eigenvalue weighted by molar-refractivity contribution is 5.47. The van der Waals surface area contributed by atoms with Gasteiger partial charge < -0.3 is 0 Å². The van der Waals surface area contributed by atoms with Crippen molar-refractivity contribution < 1.29 is 4.79 Å². The number of benzene rings is 1. The van der Waals surface area contributed by atoms with E-state index in [1.165, 1.54) is 31.2 Å². The topological polar surface area (TPSA) is 23.6 Å². The molecule has 2 saturated carbocycles. The maximum atomic E-state index is 11.3. The number of nitrogens with zero attached hydrogens (tertiary/aromatic N) is 2. The van der Waals surface area contributed by atoms with E-state index in [4.69, 9.17) is 0 Å². The smallest absolute Gasteiger partial charge is 0.224 e. The fraction of sp³-hybridized carbons (Fsp3) is 0.500. The summed E-state index contributed by atoms with van der Waals surface area (Å²) in [5.41, 5.74) is 1.20. The summed E-state index contributed by atoms with van der Waals surface area (Å²) in [6.45, 7) is 0.706. The van der Waals surface area contributed by atoms with Crippen molar-refractivity contribution in [2.24, 2.45) is 0 Å². The molecule has 0 saturated heterocycles. The Morgan fingerprint density at radius 2 is 1.65 bits per heavy atom. The van der Waals surface area contributed by atoms with Gasteiger partial charge in [0.05, 0.1) is 6.54 Å². The number of amides is 1. The monoisotopic (exact) mass is 230 g/mol. The molecule has 1 aromatic rings. The Bertz CT molecular complexity index is 372. The molecule has 2 aliphatic rings. The van der Waals surface area contributed by atoms with Crippen LogP contribution in [-0.2, 0) is 11.3 Å². The maximum Gasteiger partial charge on any atom is 0.224 e. The number of rotatable bonds is 6. The predicted molar refractivity (Wildman–Crippen MR) is 65.9 cm³/mol. The molecule has 17 heavy (non-hydrogen) atoms. The van der Waals surface area contributed by atoms with Crippen LogP contribution in [0.1, 0.15) is 31.2 Å². The van der Waals surface area contributed by atoms with Crippen LogP contribution in [0.5, 0.6) is 0 Å². The lowest BCUT2D eigenvalue weighted by Crippen LogP contribution is -2.44. The van der Waals surface area contributed by atoms with E-state index in [1.54, 1.807) is 0 Å². The predicted octanol–water partition coefficient (Wildman–Crippen LogP) is 2.19. The first-order valence-electron chi connectivity index (χ1n) is 6.42. The second-order valence-electron chi connectivity index (χ2n) is 5.03. The van der Waals surface area contributed by atoms with Crippen molar-refractivity contribution in [3.05, 3.63) is 35.9 Å². The fourth-order valence-corrected chi connectivity index (χ4v) is 2.34. The zero-order chi connectivity index (χ0) is 11.7. The third-order valence-electron chi connectivity index (χ3n) is 3.45. The number of carbonyl (C=O) groups excluding carboxylic acids is 1. The van der Waals surface area contributed by atoms with Gasteiger partial charge in [0, 0.05) is 12.1 Å². The number of hydrogen-bond acceptors (Lipinski definition) is 2. The SMILES string of the molecule is O=CN(Cc1ccccc1)N(C1CC1)C1CC1. The van der Waals surface area contributed by atoms with Crippen molar-refractivity contribution in [3.63, 3.8) is 0 Å². The van der Waals surface area contributed by atoms with Crippen LogP contribution in [0.25, 0.3) is 0 Å². The largest absolute Gasteiger partial charge is 0.277 e. The van der Waals surface area contributed by atoms with Crippen LogP contribution in [0.3, 0.4) is 0 Å². The molecule has 3 rings (SSSR count). The summed E-state index contributed by atoms with van der Waals surface area (Å²) >= 11 is 0. The lowest BCUT2D eigenvalue weighted by molar-refractivity contribution is -0.138. The quantitative estimate of drug-likeness (QED) is 0.552. The van der Waals surface area contributed by atoms with Crippen LogP contribution < -0.4 is 0 Å². The summed E-state index contributed by atoms with van der Waals surface area (Å²) in [7, 11) is 0. The average molecular weight is 230 g/mol. The molecule has 0 unspecified atom stereocenters. The van der Waals surface area contributed by atoms with Crippen molar-refractivity contribution >= 4 is 6.41 Å². The van der Waals surface area contributed by atoms with Gasteiger partial charge in [0.1, 0.15) is 0 Å². The van der Waals surface area contributed by atoms with E-state index in [2.05, 4.69) is 17.1 Å². The molecular weight excluding hydrogens is 212 g/mol. The average Bonchev–Trinajstić information content (AvgIpc) is 3.24. The molecule has 2 aliphatic carbocycles. The summed E-state index contributed by atoms with van der Waals surface area (Å²) in [5, 5.41) is 4.20. The second-order valence-corrected chi connectivity index (χ2v) is 5.03. The molecule has 3 heteroatoms. The van der Waals surface area contributed by atoms with E-state index >= 15 is 0 Å². The van der Waals surface area contributed by atoms with Crippen LogP contribution in [-0.4, -0.2) is 28.5 Å². The Kier molecular flexibility index (Phi) is 2.85. The Hall–Kier alpha value is -1.35. The Morgan fingerprint density at radius 1 is 1.06 bits per heavy atom. The lowest BCUT2D eigenvalue weighted by atomic mass is 10.2. The van der Waals surface area contributed by atoms with E-state index in [0.29, 0.717) is 18.6 Å². The highest BCUT2D eigenvalue weighted by Crippen LogP contribution is 2.38. The molecule has 3 nitrogen and oxygen atoms in total. The first-order chi connectivity index (χ1) is 8.38. The van der Waals surface area contributed by atoms with E-state index in [-0.39, 0.29) is 0 Å². The number of hydrogen-bond donors (Lipinski definition) is 0. The minimum Gasteiger partial charge on any atom is -0.277 e. The summed E-state index contributed by atoms with van der Waals surface area (Å²) in [5.74, 6) is 0. The third kappa shape index (κ3) is 2.50. The molecule has 0 spiro atoms. The number of hydrazine groups is 1. The van der Waals surface area contributed by atoms with Crippen molar-refractivity contribution in [2.45, 2.75) is 44.3 Å². The zero-order valence-corrected chi connectivity index (χ0v) is 9.96.